The highest BCUT2D eigenvalue weighted by Crippen LogP contribution is 2.25. The molecule has 0 saturated carbocycles. The van der Waals surface area contributed by atoms with Gasteiger partial charge >= 0.3 is 0 Å². The molecule has 1 nitrogen and oxygen atoms in total. The average molecular weight is 157 g/mol. The van der Waals surface area contributed by atoms with Crippen LogP contribution in [0.15, 0.2) is 0 Å². The van der Waals surface area contributed by atoms with E-state index in [-0.39, 0.29) is 0 Å². The van der Waals surface area contributed by atoms with Gasteiger partial charge in [-0.15, -0.1) is 0 Å². The van der Waals surface area contributed by atoms with Gasteiger partial charge < -0.3 is 5.73 Å². The summed E-state index contributed by atoms with van der Waals surface area (Å²) in [5.74, 6) is 2.45. The lowest BCUT2D eigenvalue weighted by Gasteiger charge is -2.25. The zero-order chi connectivity index (χ0) is 8.85. The summed E-state index contributed by atoms with van der Waals surface area (Å²) in [6, 6.07) is 0. The van der Waals surface area contributed by atoms with Crippen molar-refractivity contribution in [2.24, 2.45) is 23.5 Å². The molecule has 0 aliphatic rings. The molecule has 2 N–H and O–H groups in total. The summed E-state index contributed by atoms with van der Waals surface area (Å²) in [4.78, 5) is 0. The van der Waals surface area contributed by atoms with Crippen LogP contribution in [0.4, 0.5) is 0 Å². The Morgan fingerprint density at radius 1 is 1.18 bits per heavy atom. The van der Waals surface area contributed by atoms with E-state index in [0.717, 1.165) is 24.3 Å². The Morgan fingerprint density at radius 2 is 1.73 bits per heavy atom. The van der Waals surface area contributed by atoms with E-state index in [1.54, 1.807) is 0 Å². The minimum absolute atomic E-state index is 0.798. The molecule has 0 radical (unpaired) electrons. The Kier molecular flexibility index (Phi) is 5.57. The third kappa shape index (κ3) is 3.76. The minimum Gasteiger partial charge on any atom is -0.330 e. The molecule has 0 aliphatic carbocycles. The Balaban J connectivity index is 3.81. The third-order valence-corrected chi connectivity index (χ3v) is 2.86. The summed E-state index contributed by atoms with van der Waals surface area (Å²) in [6.45, 7) is 10.0. The zero-order valence-electron chi connectivity index (χ0n) is 8.43. The maximum Gasteiger partial charge on any atom is -0.00745 e. The van der Waals surface area contributed by atoms with Gasteiger partial charge in [0.1, 0.15) is 0 Å². The van der Waals surface area contributed by atoms with Gasteiger partial charge in [0.25, 0.3) is 0 Å². The van der Waals surface area contributed by atoms with Crippen molar-refractivity contribution in [3.63, 3.8) is 0 Å². The Morgan fingerprint density at radius 3 is 2.00 bits per heavy atom. The standard InChI is InChI=1S/C10H23N/c1-5-10(6-7-11)9(4)8(2)3/h8-10H,5-7,11H2,1-4H3. The molecule has 0 aromatic carbocycles. The van der Waals surface area contributed by atoms with Crippen molar-refractivity contribution in [3.05, 3.63) is 0 Å². The first-order valence-electron chi connectivity index (χ1n) is 4.83. The molecule has 1 heteroatoms. The van der Waals surface area contributed by atoms with Crippen molar-refractivity contribution < 1.29 is 0 Å². The molecule has 0 heterocycles. The number of rotatable bonds is 5. The number of hydrogen-bond acceptors (Lipinski definition) is 1. The maximum absolute atomic E-state index is 5.54. The lowest BCUT2D eigenvalue weighted by Crippen LogP contribution is -2.19. The van der Waals surface area contributed by atoms with Crippen LogP contribution in [0.3, 0.4) is 0 Å². The predicted octanol–water partition coefficient (Wildman–Crippen LogP) is 2.65. The van der Waals surface area contributed by atoms with Crippen LogP contribution in [-0.2, 0) is 0 Å². The van der Waals surface area contributed by atoms with E-state index in [9.17, 15) is 0 Å². The van der Waals surface area contributed by atoms with Crippen LogP contribution in [-0.4, -0.2) is 6.54 Å². The van der Waals surface area contributed by atoms with E-state index in [4.69, 9.17) is 5.73 Å². The first-order valence-corrected chi connectivity index (χ1v) is 4.83. The highest BCUT2D eigenvalue weighted by molar-refractivity contribution is 4.68. The van der Waals surface area contributed by atoms with Crippen LogP contribution in [0.25, 0.3) is 0 Å². The average Bonchev–Trinajstić information content (AvgIpc) is 1.98. The molecule has 2 atom stereocenters. The van der Waals surface area contributed by atoms with Crippen LogP contribution >= 0.6 is 0 Å². The second kappa shape index (κ2) is 5.59. The smallest absolute Gasteiger partial charge is 0.00745 e. The molecule has 0 aromatic heterocycles. The molecular weight excluding hydrogens is 134 g/mol. The van der Waals surface area contributed by atoms with Crippen molar-refractivity contribution in [2.45, 2.75) is 40.5 Å². The highest BCUT2D eigenvalue weighted by Gasteiger charge is 2.17. The summed E-state index contributed by atoms with van der Waals surface area (Å²) >= 11 is 0. The largest absolute Gasteiger partial charge is 0.330 e. The first kappa shape index (κ1) is 11.0. The van der Waals surface area contributed by atoms with Crippen LogP contribution in [0.5, 0.6) is 0 Å². The van der Waals surface area contributed by atoms with E-state index in [1.165, 1.54) is 12.8 Å². The molecule has 68 valence electrons. The second-order valence-electron chi connectivity index (χ2n) is 3.85. The van der Waals surface area contributed by atoms with E-state index in [1.807, 2.05) is 0 Å². The highest BCUT2D eigenvalue weighted by atomic mass is 14.5. The molecule has 0 amide bonds. The van der Waals surface area contributed by atoms with Crippen molar-refractivity contribution in [1.82, 2.24) is 0 Å². The Bertz CT molecular complexity index is 88.9. The van der Waals surface area contributed by atoms with Crippen LogP contribution < -0.4 is 5.73 Å². The van der Waals surface area contributed by atoms with Gasteiger partial charge in [-0.05, 0) is 30.7 Å². The predicted molar refractivity (Wildman–Crippen MR) is 51.5 cm³/mol. The van der Waals surface area contributed by atoms with E-state index < -0.39 is 0 Å². The number of nitrogens with two attached hydrogens (primary N) is 1. The quantitative estimate of drug-likeness (QED) is 0.652. The lowest BCUT2D eigenvalue weighted by atomic mass is 9.81. The topological polar surface area (TPSA) is 26.0 Å². The lowest BCUT2D eigenvalue weighted by molar-refractivity contribution is 0.258. The molecular formula is C10H23N. The Labute approximate surface area is 71.4 Å². The fourth-order valence-corrected chi connectivity index (χ4v) is 1.60. The summed E-state index contributed by atoms with van der Waals surface area (Å²) in [5, 5.41) is 0. The van der Waals surface area contributed by atoms with Crippen molar-refractivity contribution >= 4 is 0 Å². The molecule has 0 aromatic rings. The number of hydrogen-bond donors (Lipinski definition) is 1. The molecule has 11 heavy (non-hydrogen) atoms. The Hall–Kier alpha value is -0.0400. The monoisotopic (exact) mass is 157 g/mol. The molecule has 0 rings (SSSR count). The van der Waals surface area contributed by atoms with E-state index >= 15 is 0 Å². The van der Waals surface area contributed by atoms with Crippen LogP contribution in [0.2, 0.25) is 0 Å². The van der Waals surface area contributed by atoms with Gasteiger partial charge in [0.2, 0.25) is 0 Å². The van der Waals surface area contributed by atoms with Crippen LogP contribution in [0, 0.1) is 17.8 Å². The molecule has 0 bridgehead atoms. The normalized spacial score (nSPS) is 16.9. The molecule has 0 saturated heterocycles. The van der Waals surface area contributed by atoms with Crippen molar-refractivity contribution in [2.75, 3.05) is 6.54 Å². The SMILES string of the molecule is CCC(CCN)C(C)C(C)C. The van der Waals surface area contributed by atoms with Gasteiger partial charge in [-0.25, -0.2) is 0 Å². The van der Waals surface area contributed by atoms with Gasteiger partial charge in [-0.3, -0.25) is 0 Å². The van der Waals surface area contributed by atoms with Crippen molar-refractivity contribution in [3.8, 4) is 0 Å². The molecule has 0 aliphatic heterocycles. The fourth-order valence-electron chi connectivity index (χ4n) is 1.60. The summed E-state index contributed by atoms with van der Waals surface area (Å²) < 4.78 is 0. The summed E-state index contributed by atoms with van der Waals surface area (Å²) in [6.07, 6.45) is 2.46. The second-order valence-corrected chi connectivity index (χ2v) is 3.85. The van der Waals surface area contributed by atoms with Gasteiger partial charge in [-0.2, -0.15) is 0 Å². The molecule has 0 fully saturated rings. The van der Waals surface area contributed by atoms with Gasteiger partial charge in [0, 0.05) is 0 Å². The van der Waals surface area contributed by atoms with Gasteiger partial charge in [0.15, 0.2) is 0 Å². The summed E-state index contributed by atoms with van der Waals surface area (Å²) in [5.41, 5.74) is 5.54. The molecule has 2 unspecified atom stereocenters. The summed E-state index contributed by atoms with van der Waals surface area (Å²) in [7, 11) is 0. The third-order valence-electron chi connectivity index (χ3n) is 2.86. The minimum atomic E-state index is 0.798. The van der Waals surface area contributed by atoms with Gasteiger partial charge in [0.05, 0.1) is 0 Å². The van der Waals surface area contributed by atoms with E-state index in [0.29, 0.717) is 0 Å². The molecule has 0 spiro atoms. The first-order chi connectivity index (χ1) is 5.13. The van der Waals surface area contributed by atoms with E-state index in [2.05, 4.69) is 27.7 Å². The van der Waals surface area contributed by atoms with Gasteiger partial charge in [-0.1, -0.05) is 34.1 Å². The van der Waals surface area contributed by atoms with Crippen molar-refractivity contribution in [1.29, 1.82) is 0 Å². The zero-order valence-corrected chi connectivity index (χ0v) is 8.43. The van der Waals surface area contributed by atoms with Crippen LogP contribution in [0.1, 0.15) is 40.5 Å². The maximum atomic E-state index is 5.54. The fraction of sp³-hybridized carbons (Fsp3) is 1.00.